The van der Waals surface area contributed by atoms with Crippen LogP contribution < -0.4 is 0 Å². The predicted octanol–water partition coefficient (Wildman–Crippen LogP) is 3.17. The molecule has 1 aliphatic carbocycles. The zero-order valence-corrected chi connectivity index (χ0v) is 6.98. The number of hydrogen-bond donors (Lipinski definition) is 0. The fourth-order valence-corrected chi connectivity index (χ4v) is 1.72. The highest BCUT2D eigenvalue weighted by Gasteiger charge is 2.16. The first-order valence-electron chi connectivity index (χ1n) is 3.93. The van der Waals surface area contributed by atoms with Crippen molar-refractivity contribution in [1.29, 1.82) is 0 Å². The molecule has 1 rings (SSSR count). The van der Waals surface area contributed by atoms with E-state index in [2.05, 4.69) is 13.0 Å². The van der Waals surface area contributed by atoms with E-state index in [-0.39, 0.29) is 0 Å². The Balaban J connectivity index is 2.26. The third kappa shape index (κ3) is 2.34. The van der Waals surface area contributed by atoms with Gasteiger partial charge in [-0.3, -0.25) is 0 Å². The van der Waals surface area contributed by atoms with Crippen LogP contribution in [0.3, 0.4) is 0 Å². The number of halogens is 1. The van der Waals surface area contributed by atoms with Gasteiger partial charge in [-0.15, -0.1) is 11.6 Å². The Morgan fingerprint density at radius 2 is 1.80 bits per heavy atom. The van der Waals surface area contributed by atoms with Gasteiger partial charge in [-0.25, -0.2) is 0 Å². The Morgan fingerprint density at radius 1 is 1.20 bits per heavy atom. The molecule has 1 radical (unpaired) electrons. The Bertz CT molecular complexity index is 110. The molecule has 10 heavy (non-hydrogen) atoms. The molecule has 0 nitrogen and oxygen atoms in total. The molecule has 0 atom stereocenters. The van der Waals surface area contributed by atoms with E-state index in [0.717, 1.165) is 5.92 Å². The van der Waals surface area contributed by atoms with Crippen LogP contribution in [-0.2, 0) is 0 Å². The first-order chi connectivity index (χ1) is 4.83. The van der Waals surface area contributed by atoms with Crippen LogP contribution in [0.2, 0.25) is 0 Å². The molecule has 57 valence electrons. The van der Waals surface area contributed by atoms with Crippen molar-refractivity contribution in [2.75, 3.05) is 0 Å². The number of hydrogen-bond acceptors (Lipinski definition) is 0. The van der Waals surface area contributed by atoms with E-state index < -0.39 is 0 Å². The van der Waals surface area contributed by atoms with Crippen molar-refractivity contribution < 1.29 is 0 Å². The molecule has 1 fully saturated rings. The molecule has 0 spiro atoms. The summed E-state index contributed by atoms with van der Waals surface area (Å²) in [7, 11) is 0. The van der Waals surface area contributed by atoms with Gasteiger partial charge in [0.15, 0.2) is 0 Å². The van der Waals surface area contributed by atoms with E-state index in [9.17, 15) is 0 Å². The summed E-state index contributed by atoms with van der Waals surface area (Å²) in [6.45, 7) is 3.69. The second kappa shape index (κ2) is 4.02. The minimum atomic E-state index is 0.439. The van der Waals surface area contributed by atoms with Crippen LogP contribution in [0, 0.1) is 12.8 Å². The van der Waals surface area contributed by atoms with Crippen molar-refractivity contribution in [3.05, 3.63) is 19.1 Å². The highest BCUT2D eigenvalue weighted by Crippen LogP contribution is 2.28. The van der Waals surface area contributed by atoms with E-state index in [1.165, 1.54) is 25.7 Å². The summed E-state index contributed by atoms with van der Waals surface area (Å²) >= 11 is 5.94. The lowest BCUT2D eigenvalue weighted by atomic mass is 9.89. The second-order valence-electron chi connectivity index (χ2n) is 2.94. The van der Waals surface area contributed by atoms with Crippen LogP contribution in [-0.4, -0.2) is 5.38 Å². The molecule has 1 heteroatoms. The minimum Gasteiger partial charge on any atom is -0.123 e. The second-order valence-corrected chi connectivity index (χ2v) is 3.56. The summed E-state index contributed by atoms with van der Waals surface area (Å²) in [6.07, 6.45) is 8.95. The van der Waals surface area contributed by atoms with Crippen molar-refractivity contribution >= 4 is 11.6 Å². The lowest BCUT2D eigenvalue weighted by molar-refractivity contribution is 0.424. The van der Waals surface area contributed by atoms with Crippen LogP contribution in [0.25, 0.3) is 0 Å². The molecule has 0 bridgehead atoms. The molecule has 0 aliphatic heterocycles. The summed E-state index contributed by atoms with van der Waals surface area (Å²) in [6, 6.07) is 0. The van der Waals surface area contributed by atoms with Crippen LogP contribution in [0.1, 0.15) is 25.7 Å². The van der Waals surface area contributed by atoms with Gasteiger partial charge in [0.2, 0.25) is 0 Å². The van der Waals surface area contributed by atoms with Gasteiger partial charge in [0.25, 0.3) is 0 Å². The average molecular weight is 158 g/mol. The first kappa shape index (κ1) is 8.13. The Hall–Kier alpha value is 0.0300. The van der Waals surface area contributed by atoms with Crippen molar-refractivity contribution in [3.63, 3.8) is 0 Å². The average Bonchev–Trinajstić information content (AvgIpc) is 1.95. The topological polar surface area (TPSA) is 0 Å². The molecular formula is C9H14Cl. The van der Waals surface area contributed by atoms with Gasteiger partial charge in [-0.05, 0) is 38.5 Å². The number of rotatable bonds is 1. The molecule has 0 N–H and O–H groups in total. The Kier molecular flexibility index (Phi) is 3.27. The third-order valence-corrected chi connectivity index (χ3v) is 2.55. The fourth-order valence-electron chi connectivity index (χ4n) is 1.46. The van der Waals surface area contributed by atoms with Crippen molar-refractivity contribution in [2.24, 2.45) is 5.92 Å². The van der Waals surface area contributed by atoms with Crippen LogP contribution in [0.4, 0.5) is 0 Å². The highest BCUT2D eigenvalue weighted by molar-refractivity contribution is 6.20. The van der Waals surface area contributed by atoms with Gasteiger partial charge in [0.05, 0.1) is 0 Å². The molecule has 0 aromatic heterocycles. The van der Waals surface area contributed by atoms with E-state index >= 15 is 0 Å². The third-order valence-electron chi connectivity index (χ3n) is 2.11. The lowest BCUT2D eigenvalue weighted by Crippen LogP contribution is -2.12. The number of allylic oxidation sites excluding steroid dienone is 2. The monoisotopic (exact) mass is 157 g/mol. The molecule has 0 heterocycles. The van der Waals surface area contributed by atoms with Crippen LogP contribution in [0.5, 0.6) is 0 Å². The normalized spacial score (nSPS) is 35.0. The summed E-state index contributed by atoms with van der Waals surface area (Å²) in [5.74, 6) is 0.757. The Morgan fingerprint density at radius 3 is 2.30 bits per heavy atom. The zero-order chi connectivity index (χ0) is 7.40. The first-order valence-corrected chi connectivity index (χ1v) is 4.36. The molecule has 0 unspecified atom stereocenters. The molecular weight excluding hydrogens is 144 g/mol. The van der Waals surface area contributed by atoms with Gasteiger partial charge in [0.1, 0.15) is 0 Å². The van der Waals surface area contributed by atoms with Crippen LogP contribution in [0.15, 0.2) is 12.2 Å². The molecule has 0 amide bonds. The molecule has 1 saturated carbocycles. The summed E-state index contributed by atoms with van der Waals surface area (Å²) in [5.41, 5.74) is 0. The molecule has 1 aliphatic rings. The van der Waals surface area contributed by atoms with E-state index in [4.69, 9.17) is 11.6 Å². The van der Waals surface area contributed by atoms with Crippen molar-refractivity contribution in [3.8, 4) is 0 Å². The van der Waals surface area contributed by atoms with Gasteiger partial charge in [-0.2, -0.15) is 0 Å². The SMILES string of the molecule is [CH2]C=CC1CCC(Cl)CC1. The summed E-state index contributed by atoms with van der Waals surface area (Å²) < 4.78 is 0. The molecule has 0 aromatic carbocycles. The van der Waals surface area contributed by atoms with Gasteiger partial charge in [0, 0.05) is 5.38 Å². The number of alkyl halides is 1. The van der Waals surface area contributed by atoms with E-state index in [1.807, 2.05) is 6.08 Å². The smallest absolute Gasteiger partial charge is 0.0336 e. The van der Waals surface area contributed by atoms with Crippen LogP contribution >= 0.6 is 11.6 Å². The Labute approximate surface area is 68.3 Å². The highest BCUT2D eigenvalue weighted by atomic mass is 35.5. The maximum atomic E-state index is 5.94. The molecule has 0 aromatic rings. The van der Waals surface area contributed by atoms with E-state index in [0.29, 0.717) is 5.38 Å². The van der Waals surface area contributed by atoms with Gasteiger partial charge < -0.3 is 0 Å². The minimum absolute atomic E-state index is 0.439. The van der Waals surface area contributed by atoms with Gasteiger partial charge >= 0.3 is 0 Å². The zero-order valence-electron chi connectivity index (χ0n) is 6.22. The maximum absolute atomic E-state index is 5.94. The predicted molar refractivity (Wildman–Crippen MR) is 46.1 cm³/mol. The standard InChI is InChI=1S/C9H14Cl/c1-2-3-8-4-6-9(10)7-5-8/h2-3,8-9H,1,4-7H2. The maximum Gasteiger partial charge on any atom is 0.0336 e. The van der Waals surface area contributed by atoms with Crippen molar-refractivity contribution in [1.82, 2.24) is 0 Å². The largest absolute Gasteiger partial charge is 0.123 e. The van der Waals surface area contributed by atoms with E-state index in [1.54, 1.807) is 0 Å². The quantitative estimate of drug-likeness (QED) is 0.513. The summed E-state index contributed by atoms with van der Waals surface area (Å²) in [5, 5.41) is 0.439. The van der Waals surface area contributed by atoms with Crippen molar-refractivity contribution in [2.45, 2.75) is 31.1 Å². The fraction of sp³-hybridized carbons (Fsp3) is 0.667. The van der Waals surface area contributed by atoms with Gasteiger partial charge in [-0.1, -0.05) is 12.2 Å². The lowest BCUT2D eigenvalue weighted by Gasteiger charge is -2.21. The summed E-state index contributed by atoms with van der Waals surface area (Å²) in [4.78, 5) is 0. The molecule has 0 saturated heterocycles.